The molecular weight excluding hydrogens is 588 g/mol. The van der Waals surface area contributed by atoms with Gasteiger partial charge in [-0.15, -0.1) is 0 Å². The number of nitrogens with one attached hydrogen (secondary N) is 5. The first-order valence-corrected chi connectivity index (χ1v) is 16.5. The van der Waals surface area contributed by atoms with E-state index in [2.05, 4.69) is 35.4 Å². The van der Waals surface area contributed by atoms with Crippen LogP contribution in [0.5, 0.6) is 0 Å². The van der Waals surface area contributed by atoms with Crippen molar-refractivity contribution in [2.24, 2.45) is 13.0 Å². The highest BCUT2D eigenvalue weighted by Crippen LogP contribution is 2.28. The van der Waals surface area contributed by atoms with Crippen molar-refractivity contribution in [3.63, 3.8) is 0 Å². The predicted molar refractivity (Wildman–Crippen MR) is 178 cm³/mol. The number of hydrogen-bond acceptors (Lipinski definition) is 8. The molecule has 5 N–H and O–H groups in total. The third kappa shape index (κ3) is 9.56. The lowest BCUT2D eigenvalue weighted by molar-refractivity contribution is -0.122. The molecule has 3 amide bonds. The van der Waals surface area contributed by atoms with Gasteiger partial charge in [0, 0.05) is 80.0 Å². The third-order valence-electron chi connectivity index (χ3n) is 8.10. The fourth-order valence-corrected chi connectivity index (χ4v) is 5.99. The van der Waals surface area contributed by atoms with Crippen LogP contribution in [-0.4, -0.2) is 65.8 Å². The molecule has 0 bridgehead atoms. The summed E-state index contributed by atoms with van der Waals surface area (Å²) in [6.07, 6.45) is 7.48. The lowest BCUT2D eigenvalue weighted by atomic mass is 10.0. The number of carbonyl (C=O) groups excluding carboxylic acids is 3. The van der Waals surface area contributed by atoms with Crippen LogP contribution in [0.25, 0.3) is 0 Å². The van der Waals surface area contributed by atoms with Gasteiger partial charge >= 0.3 is 0 Å². The Kier molecular flexibility index (Phi) is 11.1. The van der Waals surface area contributed by atoms with Gasteiger partial charge in [0.2, 0.25) is 5.91 Å². The molecule has 1 saturated heterocycles. The summed E-state index contributed by atoms with van der Waals surface area (Å²) in [5.41, 5.74) is 3.54. The van der Waals surface area contributed by atoms with Crippen LogP contribution in [-0.2, 0) is 18.3 Å². The maximum atomic E-state index is 13.9. The lowest BCUT2D eigenvalue weighted by Gasteiger charge is -2.28. The van der Waals surface area contributed by atoms with Crippen molar-refractivity contribution < 1.29 is 14.4 Å². The Hall–Kier alpha value is -3.87. The molecule has 3 aromatic rings. The fraction of sp³-hybridized carbons (Fsp3) is 0.455. The van der Waals surface area contributed by atoms with Crippen molar-refractivity contribution in [1.82, 2.24) is 35.8 Å². The van der Waals surface area contributed by atoms with Gasteiger partial charge in [-0.1, -0.05) is 30.3 Å². The summed E-state index contributed by atoms with van der Waals surface area (Å²) in [4.78, 5) is 40.0. The smallest absolute Gasteiger partial charge is 0.251 e. The zero-order chi connectivity index (χ0) is 31.8. The predicted octanol–water partition coefficient (Wildman–Crippen LogP) is 3.12. The molecule has 2 aromatic carbocycles. The highest BCUT2D eigenvalue weighted by atomic mass is 32.2. The standard InChI is InChI=1S/C33H44N8O3S/c1-22(28-19-36-40(3)21-28)38-32(43)26-15-27(17-30(16-26)41-13-7-12-37-45-41)33(44)39-29(14-24-8-5-4-6-9-24)20-34-23(2)31(42)35-18-25-10-11-25/h4-6,8-9,15-17,19,21-23,25,29,34,37H,7,10-14,18,20H2,1-3H3,(H,35,42)(H,38,43)(H,39,44)/t22?,23-,29-/m0/s1. The summed E-state index contributed by atoms with van der Waals surface area (Å²) in [7, 11) is 1.84. The summed E-state index contributed by atoms with van der Waals surface area (Å²) >= 11 is 1.47. The van der Waals surface area contributed by atoms with Crippen LogP contribution in [0.2, 0.25) is 0 Å². The van der Waals surface area contributed by atoms with Crippen molar-refractivity contribution in [2.75, 3.05) is 30.5 Å². The highest BCUT2D eigenvalue weighted by molar-refractivity contribution is 7.98. The van der Waals surface area contributed by atoms with Gasteiger partial charge in [-0.05, 0) is 69.2 Å². The number of aryl methyl sites for hydroxylation is 1. The number of hydrogen-bond donors (Lipinski definition) is 5. The molecule has 2 aliphatic rings. The number of anilines is 1. The van der Waals surface area contributed by atoms with Crippen molar-refractivity contribution in [2.45, 2.75) is 57.7 Å². The molecule has 1 saturated carbocycles. The van der Waals surface area contributed by atoms with E-state index in [-0.39, 0.29) is 29.8 Å². The van der Waals surface area contributed by atoms with E-state index in [0.717, 1.165) is 36.3 Å². The van der Waals surface area contributed by atoms with Gasteiger partial charge in [0.15, 0.2) is 0 Å². The van der Waals surface area contributed by atoms with E-state index in [4.69, 9.17) is 0 Å². The number of benzene rings is 2. The zero-order valence-electron chi connectivity index (χ0n) is 26.2. The number of rotatable bonds is 14. The third-order valence-corrected chi connectivity index (χ3v) is 9.05. The summed E-state index contributed by atoms with van der Waals surface area (Å²) < 4.78 is 7.05. The number of nitrogens with zero attached hydrogens (tertiary/aromatic N) is 3. The van der Waals surface area contributed by atoms with E-state index in [1.54, 1.807) is 16.9 Å². The van der Waals surface area contributed by atoms with Crippen molar-refractivity contribution in [3.05, 3.63) is 83.2 Å². The molecule has 5 rings (SSSR count). The van der Waals surface area contributed by atoms with Gasteiger partial charge in [-0.3, -0.25) is 19.1 Å². The molecule has 240 valence electrons. The largest absolute Gasteiger partial charge is 0.354 e. The Bertz CT molecular complexity index is 1460. The van der Waals surface area contributed by atoms with E-state index in [0.29, 0.717) is 36.6 Å². The van der Waals surface area contributed by atoms with Crippen LogP contribution < -0.4 is 30.3 Å². The molecule has 45 heavy (non-hydrogen) atoms. The number of carbonyl (C=O) groups is 3. The molecule has 11 nitrogen and oxygen atoms in total. The summed E-state index contributed by atoms with van der Waals surface area (Å²) in [5, 5.41) is 16.8. The van der Waals surface area contributed by atoms with E-state index < -0.39 is 6.04 Å². The second kappa shape index (κ2) is 15.4. The molecule has 1 aliphatic heterocycles. The topological polar surface area (TPSA) is 132 Å². The summed E-state index contributed by atoms with van der Waals surface area (Å²) in [5.74, 6) is 0.00961. The van der Waals surface area contributed by atoms with E-state index in [1.165, 1.54) is 25.0 Å². The first-order valence-electron chi connectivity index (χ1n) is 15.7. The van der Waals surface area contributed by atoms with Gasteiger partial charge in [0.05, 0.1) is 18.3 Å². The monoisotopic (exact) mass is 632 g/mol. The maximum absolute atomic E-state index is 13.9. The van der Waals surface area contributed by atoms with Gasteiger partial charge in [0.1, 0.15) is 0 Å². The van der Waals surface area contributed by atoms with Crippen LogP contribution in [0.1, 0.15) is 71.0 Å². The van der Waals surface area contributed by atoms with Gasteiger partial charge < -0.3 is 25.6 Å². The SMILES string of the molecule is CC(NC(=O)c1cc(C(=O)N[C@H](CN[C@@H](C)C(=O)NCC2CC2)Cc2ccccc2)cc(N2CCCNS2)c1)c1cnn(C)c1. The lowest BCUT2D eigenvalue weighted by Crippen LogP contribution is -2.49. The Morgan fingerprint density at radius 1 is 1.04 bits per heavy atom. The fourth-order valence-electron chi connectivity index (χ4n) is 5.16. The molecule has 12 heteroatoms. The van der Waals surface area contributed by atoms with Gasteiger partial charge in [0.25, 0.3) is 11.8 Å². The minimum atomic E-state index is -0.400. The Morgan fingerprint density at radius 3 is 2.42 bits per heavy atom. The first kappa shape index (κ1) is 32.5. The normalized spacial score (nSPS) is 16.8. The Morgan fingerprint density at radius 2 is 1.78 bits per heavy atom. The molecule has 2 heterocycles. The molecule has 1 aromatic heterocycles. The first-order chi connectivity index (χ1) is 21.7. The van der Waals surface area contributed by atoms with Crippen LogP contribution in [0, 0.1) is 5.92 Å². The molecule has 1 aliphatic carbocycles. The quantitative estimate of drug-likeness (QED) is 0.171. The van der Waals surface area contributed by atoms with E-state index in [1.807, 2.05) is 69.6 Å². The van der Waals surface area contributed by atoms with Gasteiger partial charge in [-0.25, -0.2) is 4.72 Å². The molecule has 0 radical (unpaired) electrons. The minimum Gasteiger partial charge on any atom is -0.354 e. The zero-order valence-corrected chi connectivity index (χ0v) is 27.0. The second-order valence-corrected chi connectivity index (χ2v) is 12.9. The van der Waals surface area contributed by atoms with Crippen molar-refractivity contribution >= 4 is 35.5 Å². The average molecular weight is 633 g/mol. The molecule has 3 atom stereocenters. The minimum absolute atomic E-state index is 0.0387. The number of amides is 3. The molecular formula is C33H44N8O3S. The highest BCUT2D eigenvalue weighted by Gasteiger charge is 2.25. The average Bonchev–Trinajstić information content (AvgIpc) is 3.79. The van der Waals surface area contributed by atoms with E-state index >= 15 is 0 Å². The van der Waals surface area contributed by atoms with Crippen LogP contribution >= 0.6 is 12.1 Å². The molecule has 2 fully saturated rings. The summed E-state index contributed by atoms with van der Waals surface area (Å²) in [6.45, 7) is 6.55. The van der Waals surface area contributed by atoms with Gasteiger partial charge in [-0.2, -0.15) is 5.10 Å². The van der Waals surface area contributed by atoms with Crippen molar-refractivity contribution in [1.29, 1.82) is 0 Å². The van der Waals surface area contributed by atoms with Crippen LogP contribution in [0.15, 0.2) is 60.9 Å². The second-order valence-electron chi connectivity index (χ2n) is 12.0. The number of aromatic nitrogens is 2. The molecule has 0 spiro atoms. The molecule has 1 unspecified atom stereocenters. The maximum Gasteiger partial charge on any atom is 0.251 e. The Labute approximate surface area is 269 Å². The van der Waals surface area contributed by atoms with Crippen molar-refractivity contribution in [3.8, 4) is 0 Å². The van der Waals surface area contributed by atoms with E-state index in [9.17, 15) is 14.4 Å². The Balaban J connectivity index is 1.33. The summed E-state index contributed by atoms with van der Waals surface area (Å²) in [6, 6.07) is 14.3. The van der Waals surface area contributed by atoms with Crippen LogP contribution in [0.4, 0.5) is 5.69 Å². The van der Waals surface area contributed by atoms with Crippen LogP contribution in [0.3, 0.4) is 0 Å².